The number of hydrogen-bond donors (Lipinski definition) is 4. The molecule has 2 unspecified atom stereocenters. The van der Waals surface area contributed by atoms with E-state index in [2.05, 4.69) is 0 Å². The van der Waals surface area contributed by atoms with Crippen LogP contribution in [-0.2, 0) is 11.2 Å². The van der Waals surface area contributed by atoms with Crippen LogP contribution in [0.15, 0.2) is 23.2 Å². The summed E-state index contributed by atoms with van der Waals surface area (Å²) in [6.45, 7) is 7.97. The topological polar surface area (TPSA) is 160 Å². The molecule has 0 saturated carbocycles. The second-order valence-corrected chi connectivity index (χ2v) is 11.0. The molecule has 1 saturated heterocycles. The molecule has 6 rings (SSSR count). The van der Waals surface area contributed by atoms with Gasteiger partial charge in [-0.15, -0.1) is 0 Å². The highest BCUT2D eigenvalue weighted by molar-refractivity contribution is 6.26. The number of methoxy groups -OCH3 is 1. The van der Waals surface area contributed by atoms with E-state index >= 15 is 0 Å². The van der Waals surface area contributed by atoms with Gasteiger partial charge in [-0.05, 0) is 32.4 Å². The molecule has 2 aromatic carbocycles. The van der Waals surface area contributed by atoms with E-state index in [4.69, 9.17) is 14.2 Å². The molecular formula is C29H26O10. The fraction of sp³-hybridized carbons (Fsp3) is 0.345. The zero-order valence-corrected chi connectivity index (χ0v) is 22.1. The van der Waals surface area contributed by atoms with Gasteiger partial charge in [0.05, 0.1) is 29.4 Å². The number of Topliss-reactive ketones (excluding diaryl/α,β-unsaturated/α-hetero) is 3. The van der Waals surface area contributed by atoms with Crippen LogP contribution in [0.1, 0.15) is 75.5 Å². The van der Waals surface area contributed by atoms with Gasteiger partial charge in [0, 0.05) is 28.5 Å². The van der Waals surface area contributed by atoms with Crippen molar-refractivity contribution in [1.82, 2.24) is 0 Å². The Balaban J connectivity index is 1.75. The van der Waals surface area contributed by atoms with E-state index in [9.17, 15) is 34.8 Å². The van der Waals surface area contributed by atoms with E-state index in [1.807, 2.05) is 0 Å². The maximum absolute atomic E-state index is 14.0. The molecule has 4 aliphatic rings. The minimum atomic E-state index is -2.26. The zero-order valence-electron chi connectivity index (χ0n) is 22.1. The van der Waals surface area contributed by atoms with E-state index in [-0.39, 0.29) is 68.6 Å². The fourth-order valence-electron chi connectivity index (χ4n) is 6.12. The number of aromatic hydroxyl groups is 3. The summed E-state index contributed by atoms with van der Waals surface area (Å²) >= 11 is 0. The third kappa shape index (κ3) is 2.66. The third-order valence-electron chi connectivity index (χ3n) is 8.69. The van der Waals surface area contributed by atoms with Crippen molar-refractivity contribution in [3.8, 4) is 28.7 Å². The van der Waals surface area contributed by atoms with Crippen LogP contribution >= 0.6 is 0 Å². The van der Waals surface area contributed by atoms with Crippen LogP contribution < -0.4 is 9.47 Å². The Morgan fingerprint density at radius 2 is 1.72 bits per heavy atom. The molecule has 39 heavy (non-hydrogen) atoms. The Hall–Kier alpha value is -4.31. The van der Waals surface area contributed by atoms with Gasteiger partial charge in [-0.1, -0.05) is 13.8 Å². The number of aryl methyl sites for hydroxylation is 1. The quantitative estimate of drug-likeness (QED) is 0.420. The van der Waals surface area contributed by atoms with Crippen LogP contribution in [0, 0.1) is 12.3 Å². The molecule has 2 atom stereocenters. The van der Waals surface area contributed by atoms with Crippen LogP contribution in [-0.4, -0.2) is 56.6 Å². The zero-order chi connectivity index (χ0) is 28.5. The number of hydrogen-bond acceptors (Lipinski definition) is 10. The number of phenolic OH excluding ortho intramolecular Hbond substituents is 3. The molecule has 2 heterocycles. The number of phenols is 3. The van der Waals surface area contributed by atoms with Gasteiger partial charge in [0.25, 0.3) is 0 Å². The maximum Gasteiger partial charge on any atom is 0.207 e. The van der Waals surface area contributed by atoms with Gasteiger partial charge in [-0.2, -0.15) is 0 Å². The lowest BCUT2D eigenvalue weighted by atomic mass is 9.63. The summed E-state index contributed by atoms with van der Waals surface area (Å²) in [6, 6.07) is 1.48. The molecule has 0 spiro atoms. The van der Waals surface area contributed by atoms with Crippen molar-refractivity contribution in [3.63, 3.8) is 0 Å². The molecule has 0 radical (unpaired) electrons. The van der Waals surface area contributed by atoms with Gasteiger partial charge in [0.2, 0.25) is 11.5 Å². The molecule has 10 heteroatoms. The normalized spacial score (nSPS) is 23.9. The van der Waals surface area contributed by atoms with E-state index < -0.39 is 51.5 Å². The van der Waals surface area contributed by atoms with Crippen LogP contribution in [0.3, 0.4) is 0 Å². The average Bonchev–Trinajstić information content (AvgIpc) is 3.06. The highest BCUT2D eigenvalue weighted by atomic mass is 16.5. The van der Waals surface area contributed by atoms with Crippen LogP contribution in [0.2, 0.25) is 0 Å². The molecule has 0 aromatic heterocycles. The number of rotatable bonds is 2. The minimum Gasteiger partial charge on any atom is -0.507 e. The van der Waals surface area contributed by atoms with Crippen LogP contribution in [0.25, 0.3) is 5.57 Å². The number of fused-ring (bicyclic) bond motifs is 3. The van der Waals surface area contributed by atoms with Gasteiger partial charge < -0.3 is 34.6 Å². The summed E-state index contributed by atoms with van der Waals surface area (Å²) < 4.78 is 17.5. The standard InChI is InChI=1S/C29H26O10/c1-9-7-12(10(2)30)19(31)13-8-14-20(32)16-15-17(22(34)25(37-6)21(16)33)26(35)29(36)27(38-11(3)28(29,4)5)18(15)24(14)39-23(9)13/h7,11,31,33-34,36H,8H2,1-6H3. The number of allylic oxidation sites excluding steroid dienone is 2. The number of aliphatic hydroxyl groups is 1. The van der Waals surface area contributed by atoms with E-state index in [1.54, 1.807) is 27.7 Å². The van der Waals surface area contributed by atoms with Gasteiger partial charge in [0.15, 0.2) is 28.7 Å². The second-order valence-electron chi connectivity index (χ2n) is 11.0. The predicted octanol–water partition coefficient (Wildman–Crippen LogP) is 3.49. The van der Waals surface area contributed by atoms with Gasteiger partial charge >= 0.3 is 0 Å². The van der Waals surface area contributed by atoms with Gasteiger partial charge in [0.1, 0.15) is 29.1 Å². The highest BCUT2D eigenvalue weighted by Crippen LogP contribution is 2.62. The Morgan fingerprint density at radius 1 is 1.08 bits per heavy atom. The number of carbonyl (C=O) groups is 3. The largest absolute Gasteiger partial charge is 0.507 e. The van der Waals surface area contributed by atoms with E-state index in [0.29, 0.717) is 5.56 Å². The minimum absolute atomic E-state index is 0.000414. The Bertz CT molecular complexity index is 1670. The number of carbonyl (C=O) groups excluding carboxylic acids is 3. The Kier molecular flexibility index (Phi) is 4.75. The lowest BCUT2D eigenvalue weighted by molar-refractivity contribution is -0.00677. The SMILES string of the molecule is COc1c(O)c2c3c(c1O)C(=O)C1(O)C(=C3C3=C(Cc4c(O)c(C(C)=O)cc(C)c4O3)C2=O)OC(C)C1(C)C. The molecular weight excluding hydrogens is 508 g/mol. The molecule has 0 amide bonds. The monoisotopic (exact) mass is 534 g/mol. The maximum atomic E-state index is 14.0. The summed E-state index contributed by atoms with van der Waals surface area (Å²) in [5.41, 5.74) is -3.48. The molecule has 4 N–H and O–H groups in total. The molecule has 2 aliphatic heterocycles. The number of ketones is 3. The van der Waals surface area contributed by atoms with Crippen molar-refractivity contribution >= 4 is 22.9 Å². The first-order chi connectivity index (χ1) is 18.2. The lowest BCUT2D eigenvalue weighted by Gasteiger charge is -2.41. The first-order valence-corrected chi connectivity index (χ1v) is 12.4. The summed E-state index contributed by atoms with van der Waals surface area (Å²) in [6.07, 6.45) is -0.859. The number of ether oxygens (including phenoxy) is 3. The Morgan fingerprint density at radius 3 is 2.33 bits per heavy atom. The summed E-state index contributed by atoms with van der Waals surface area (Å²) in [5.74, 6) is -4.27. The molecule has 1 fully saturated rings. The van der Waals surface area contributed by atoms with Crippen molar-refractivity contribution in [1.29, 1.82) is 0 Å². The van der Waals surface area contributed by atoms with Gasteiger partial charge in [-0.25, -0.2) is 0 Å². The second kappa shape index (κ2) is 7.41. The Labute approximate surface area is 222 Å². The van der Waals surface area contributed by atoms with Gasteiger partial charge in [-0.3, -0.25) is 14.4 Å². The molecule has 0 bridgehead atoms. The summed E-state index contributed by atoms with van der Waals surface area (Å²) in [4.78, 5) is 40.1. The third-order valence-corrected chi connectivity index (χ3v) is 8.69. The smallest absolute Gasteiger partial charge is 0.207 e. The molecule has 2 aromatic rings. The van der Waals surface area contributed by atoms with Crippen LogP contribution in [0.5, 0.6) is 28.7 Å². The van der Waals surface area contributed by atoms with E-state index in [1.165, 1.54) is 13.0 Å². The first-order valence-electron chi connectivity index (χ1n) is 12.4. The van der Waals surface area contributed by atoms with Crippen molar-refractivity contribution < 1.29 is 49.0 Å². The van der Waals surface area contributed by atoms with E-state index in [0.717, 1.165) is 7.11 Å². The number of benzene rings is 2. The average molecular weight is 535 g/mol. The van der Waals surface area contributed by atoms with Crippen molar-refractivity contribution in [2.45, 2.75) is 52.7 Å². The molecule has 2 aliphatic carbocycles. The fourth-order valence-corrected chi connectivity index (χ4v) is 6.12. The lowest BCUT2D eigenvalue weighted by Crippen LogP contribution is -2.53. The van der Waals surface area contributed by atoms with Crippen molar-refractivity contribution in [2.75, 3.05) is 7.11 Å². The summed E-state index contributed by atoms with van der Waals surface area (Å²) in [7, 11) is 1.16. The van der Waals surface area contributed by atoms with Crippen molar-refractivity contribution in [3.05, 3.63) is 56.5 Å². The van der Waals surface area contributed by atoms with Crippen molar-refractivity contribution in [2.24, 2.45) is 5.41 Å². The highest BCUT2D eigenvalue weighted by Gasteiger charge is 2.67. The molecule has 10 nitrogen and oxygen atoms in total. The predicted molar refractivity (Wildman–Crippen MR) is 135 cm³/mol. The van der Waals surface area contributed by atoms with Crippen LogP contribution in [0.4, 0.5) is 0 Å². The first kappa shape index (κ1) is 25.0. The molecule has 202 valence electrons. The summed E-state index contributed by atoms with van der Waals surface area (Å²) in [5, 5.41) is 45.2.